The first-order valence-corrected chi connectivity index (χ1v) is 8.19. The lowest BCUT2D eigenvalue weighted by molar-refractivity contribution is 0.227. The number of hydrogen-bond donors (Lipinski definition) is 2. The molecule has 0 aromatic carbocycles. The maximum absolute atomic E-state index is 6.05. The summed E-state index contributed by atoms with van der Waals surface area (Å²) in [5.41, 5.74) is 8.06. The summed E-state index contributed by atoms with van der Waals surface area (Å²) >= 11 is 1.44. The van der Waals surface area contributed by atoms with Gasteiger partial charge < -0.3 is 16.0 Å². The van der Waals surface area contributed by atoms with Gasteiger partial charge >= 0.3 is 0 Å². The predicted molar refractivity (Wildman–Crippen MR) is 88.5 cm³/mol. The van der Waals surface area contributed by atoms with Gasteiger partial charge in [0.15, 0.2) is 0 Å². The molecular formula is C15H21N5S. The average Bonchev–Trinajstić information content (AvgIpc) is 2.89. The number of likely N-dealkylation sites (tertiary alicyclic amines) is 1. The highest BCUT2D eigenvalue weighted by Crippen LogP contribution is 2.37. The van der Waals surface area contributed by atoms with E-state index in [2.05, 4.69) is 26.5 Å². The van der Waals surface area contributed by atoms with Crippen molar-refractivity contribution < 1.29 is 0 Å². The van der Waals surface area contributed by atoms with Crippen molar-refractivity contribution in [3.05, 3.63) is 24.5 Å². The van der Waals surface area contributed by atoms with E-state index in [1.54, 1.807) is 6.20 Å². The summed E-state index contributed by atoms with van der Waals surface area (Å²) < 4.78 is 4.31. The minimum absolute atomic E-state index is 0.467. The fraction of sp³-hybridized carbons (Fsp3) is 0.467. The highest BCUT2D eigenvalue weighted by molar-refractivity contribution is 7.11. The molecule has 0 spiro atoms. The number of nitrogen functional groups attached to an aromatic ring is 1. The molecule has 0 aliphatic carbocycles. The van der Waals surface area contributed by atoms with Crippen molar-refractivity contribution >= 4 is 22.4 Å². The van der Waals surface area contributed by atoms with Gasteiger partial charge in [-0.2, -0.15) is 4.37 Å². The topological polar surface area (TPSA) is 67.1 Å². The number of pyridine rings is 1. The molecular weight excluding hydrogens is 282 g/mol. The summed E-state index contributed by atoms with van der Waals surface area (Å²) in [6.45, 7) is 5.61. The summed E-state index contributed by atoms with van der Waals surface area (Å²) in [5.74, 6) is 0.582. The molecule has 0 amide bonds. The van der Waals surface area contributed by atoms with Crippen LogP contribution in [0.2, 0.25) is 0 Å². The normalized spacial score (nSPS) is 19.6. The summed E-state index contributed by atoms with van der Waals surface area (Å²) in [6, 6.07) is 4.42. The van der Waals surface area contributed by atoms with Crippen LogP contribution in [0.5, 0.6) is 0 Å². The predicted octanol–water partition coefficient (Wildman–Crippen LogP) is 2.68. The Labute approximate surface area is 129 Å². The number of nitrogens with two attached hydrogens (primary N) is 1. The van der Waals surface area contributed by atoms with Gasteiger partial charge in [-0.25, -0.2) is 0 Å². The maximum atomic E-state index is 6.05. The van der Waals surface area contributed by atoms with Gasteiger partial charge in [0, 0.05) is 30.5 Å². The Morgan fingerprint density at radius 3 is 3.19 bits per heavy atom. The van der Waals surface area contributed by atoms with Crippen LogP contribution in [0.25, 0.3) is 11.1 Å². The van der Waals surface area contributed by atoms with Crippen LogP contribution >= 0.6 is 11.5 Å². The van der Waals surface area contributed by atoms with E-state index >= 15 is 0 Å². The van der Waals surface area contributed by atoms with E-state index in [1.807, 2.05) is 18.3 Å². The zero-order chi connectivity index (χ0) is 14.7. The first-order chi connectivity index (χ1) is 10.3. The Bertz CT molecular complexity index is 583. The standard InChI is InChI=1S/C15H21N5S/c1-2-20-8-4-6-12(10-20)18-15-13(14(16)19-21-15)11-5-3-7-17-9-11/h3,5,7,9,12,18H,2,4,6,8,10H2,1H3,(H2,16,19). The number of nitrogens with one attached hydrogen (secondary N) is 1. The third-order valence-corrected chi connectivity index (χ3v) is 4.75. The molecule has 3 heterocycles. The van der Waals surface area contributed by atoms with Gasteiger partial charge in [0.1, 0.15) is 10.8 Å². The lowest BCUT2D eigenvalue weighted by atomic mass is 10.1. The monoisotopic (exact) mass is 303 g/mol. The van der Waals surface area contributed by atoms with Crippen LogP contribution in [0.3, 0.4) is 0 Å². The number of rotatable bonds is 4. The minimum Gasteiger partial charge on any atom is -0.382 e. The molecule has 5 nitrogen and oxygen atoms in total. The molecule has 21 heavy (non-hydrogen) atoms. The Morgan fingerprint density at radius 2 is 2.43 bits per heavy atom. The van der Waals surface area contributed by atoms with E-state index in [-0.39, 0.29) is 0 Å². The van der Waals surface area contributed by atoms with E-state index in [0.717, 1.165) is 29.2 Å². The van der Waals surface area contributed by atoms with E-state index in [9.17, 15) is 0 Å². The molecule has 0 radical (unpaired) electrons. The molecule has 1 saturated heterocycles. The van der Waals surface area contributed by atoms with Gasteiger partial charge in [-0.3, -0.25) is 4.98 Å². The third kappa shape index (κ3) is 3.16. The Kier molecular flexibility index (Phi) is 4.36. The van der Waals surface area contributed by atoms with Crippen LogP contribution in [0.1, 0.15) is 19.8 Å². The van der Waals surface area contributed by atoms with E-state index < -0.39 is 0 Å². The lowest BCUT2D eigenvalue weighted by Crippen LogP contribution is -2.41. The minimum atomic E-state index is 0.467. The number of piperidine rings is 1. The molecule has 1 aliphatic rings. The van der Waals surface area contributed by atoms with Gasteiger partial charge in [0.25, 0.3) is 0 Å². The van der Waals surface area contributed by atoms with E-state index in [4.69, 9.17) is 5.73 Å². The second kappa shape index (κ2) is 6.41. The quantitative estimate of drug-likeness (QED) is 0.909. The molecule has 1 atom stereocenters. The largest absolute Gasteiger partial charge is 0.382 e. The first-order valence-electron chi connectivity index (χ1n) is 7.42. The van der Waals surface area contributed by atoms with Crippen molar-refractivity contribution in [2.24, 2.45) is 0 Å². The van der Waals surface area contributed by atoms with Crippen LogP contribution in [0.4, 0.5) is 10.8 Å². The zero-order valence-corrected chi connectivity index (χ0v) is 13.1. The van der Waals surface area contributed by atoms with Crippen LogP contribution in [-0.4, -0.2) is 39.9 Å². The van der Waals surface area contributed by atoms with Gasteiger partial charge in [0.05, 0.1) is 5.56 Å². The molecule has 1 fully saturated rings. The van der Waals surface area contributed by atoms with Crippen LogP contribution < -0.4 is 11.1 Å². The fourth-order valence-electron chi connectivity index (χ4n) is 2.84. The fourth-order valence-corrected chi connectivity index (χ4v) is 3.65. The molecule has 2 aromatic heterocycles. The second-order valence-electron chi connectivity index (χ2n) is 5.39. The number of anilines is 2. The van der Waals surface area contributed by atoms with Crippen molar-refractivity contribution in [2.45, 2.75) is 25.8 Å². The molecule has 1 unspecified atom stereocenters. The highest BCUT2D eigenvalue weighted by Gasteiger charge is 2.21. The van der Waals surface area contributed by atoms with Gasteiger partial charge in [-0.15, -0.1) is 0 Å². The van der Waals surface area contributed by atoms with Crippen molar-refractivity contribution in [2.75, 3.05) is 30.7 Å². The molecule has 3 rings (SSSR count). The molecule has 0 bridgehead atoms. The van der Waals surface area contributed by atoms with Crippen LogP contribution in [0, 0.1) is 0 Å². The zero-order valence-electron chi connectivity index (χ0n) is 12.2. The Hall–Kier alpha value is -1.66. The average molecular weight is 303 g/mol. The molecule has 112 valence electrons. The molecule has 0 saturated carbocycles. The van der Waals surface area contributed by atoms with Gasteiger partial charge in [-0.05, 0) is 43.5 Å². The Morgan fingerprint density at radius 1 is 1.52 bits per heavy atom. The van der Waals surface area contributed by atoms with Crippen LogP contribution in [0.15, 0.2) is 24.5 Å². The lowest BCUT2D eigenvalue weighted by Gasteiger charge is -2.32. The Balaban J connectivity index is 1.80. The molecule has 6 heteroatoms. The summed E-state index contributed by atoms with van der Waals surface area (Å²) in [5, 5.41) is 4.70. The van der Waals surface area contributed by atoms with Crippen molar-refractivity contribution in [1.29, 1.82) is 0 Å². The number of aromatic nitrogens is 2. The highest BCUT2D eigenvalue weighted by atomic mass is 32.1. The van der Waals surface area contributed by atoms with E-state index in [0.29, 0.717) is 11.9 Å². The number of nitrogens with zero attached hydrogens (tertiary/aromatic N) is 3. The molecule has 3 N–H and O–H groups in total. The first kappa shape index (κ1) is 14.3. The smallest absolute Gasteiger partial charge is 0.147 e. The summed E-state index contributed by atoms with van der Waals surface area (Å²) in [4.78, 5) is 6.66. The van der Waals surface area contributed by atoms with Crippen LogP contribution in [-0.2, 0) is 0 Å². The van der Waals surface area contributed by atoms with E-state index in [1.165, 1.54) is 30.9 Å². The molecule has 1 aliphatic heterocycles. The SMILES string of the molecule is CCN1CCCC(Nc2snc(N)c2-c2cccnc2)C1. The summed E-state index contributed by atoms with van der Waals surface area (Å²) in [6.07, 6.45) is 6.04. The summed E-state index contributed by atoms with van der Waals surface area (Å²) in [7, 11) is 0. The van der Waals surface area contributed by atoms with Crippen molar-refractivity contribution in [3.8, 4) is 11.1 Å². The number of likely N-dealkylation sites (N-methyl/N-ethyl adjacent to an activating group) is 1. The molecule has 2 aromatic rings. The number of hydrogen-bond acceptors (Lipinski definition) is 6. The second-order valence-corrected chi connectivity index (χ2v) is 6.16. The van der Waals surface area contributed by atoms with Crippen molar-refractivity contribution in [1.82, 2.24) is 14.3 Å². The van der Waals surface area contributed by atoms with Gasteiger partial charge in [-0.1, -0.05) is 13.0 Å². The third-order valence-electron chi connectivity index (χ3n) is 3.96. The van der Waals surface area contributed by atoms with Gasteiger partial charge in [0.2, 0.25) is 0 Å². The maximum Gasteiger partial charge on any atom is 0.147 e. The van der Waals surface area contributed by atoms with Crippen molar-refractivity contribution in [3.63, 3.8) is 0 Å².